The van der Waals surface area contributed by atoms with Crippen molar-refractivity contribution in [1.82, 2.24) is 4.72 Å². The summed E-state index contributed by atoms with van der Waals surface area (Å²) in [6.07, 6.45) is 0. The molecule has 0 aromatic heterocycles. The van der Waals surface area contributed by atoms with E-state index in [1.54, 1.807) is 97.9 Å². The molecule has 3 nitrogen and oxygen atoms in total. The third-order valence-electron chi connectivity index (χ3n) is 5.78. The molecule has 5 heteroatoms. The number of alkyl halides is 1. The number of benzene rings is 4. The predicted molar refractivity (Wildman–Crippen MR) is 125 cm³/mol. The Hall–Kier alpha value is -3.28. The molecule has 0 fully saturated rings. The molecule has 4 rings (SSSR count). The first kappa shape index (κ1) is 21.9. The summed E-state index contributed by atoms with van der Waals surface area (Å²) in [5.74, 6) is 0. The summed E-state index contributed by atoms with van der Waals surface area (Å²) in [6.45, 7) is 1.60. The SMILES string of the molecule is CC(NS(=O)(=O)c1ccccc1)(c1ccccc1)C(F)(c1ccccc1)c1ccccc1. The lowest BCUT2D eigenvalue weighted by molar-refractivity contribution is 0.0926. The Bertz CT molecular complexity index is 1230. The molecule has 1 atom stereocenters. The van der Waals surface area contributed by atoms with Gasteiger partial charge in [0.15, 0.2) is 5.67 Å². The zero-order valence-corrected chi connectivity index (χ0v) is 18.5. The molecule has 0 aliphatic rings. The van der Waals surface area contributed by atoms with Crippen LogP contribution in [0.3, 0.4) is 0 Å². The van der Waals surface area contributed by atoms with E-state index < -0.39 is 21.2 Å². The molecule has 0 aliphatic carbocycles. The number of nitrogens with one attached hydrogen (secondary N) is 1. The van der Waals surface area contributed by atoms with E-state index in [4.69, 9.17) is 0 Å². The quantitative estimate of drug-likeness (QED) is 0.391. The van der Waals surface area contributed by atoms with Crippen molar-refractivity contribution >= 4 is 10.0 Å². The van der Waals surface area contributed by atoms with Gasteiger partial charge in [0.05, 0.1) is 10.4 Å². The Morgan fingerprint density at radius 1 is 0.594 bits per heavy atom. The average Bonchev–Trinajstić information content (AvgIpc) is 2.85. The van der Waals surface area contributed by atoms with Gasteiger partial charge in [0.25, 0.3) is 0 Å². The summed E-state index contributed by atoms with van der Waals surface area (Å²) < 4.78 is 47.4. The van der Waals surface area contributed by atoms with Gasteiger partial charge >= 0.3 is 0 Å². The number of halogens is 1. The van der Waals surface area contributed by atoms with Crippen LogP contribution < -0.4 is 4.72 Å². The Labute approximate surface area is 188 Å². The number of hydrogen-bond donors (Lipinski definition) is 1. The lowest BCUT2D eigenvalue weighted by atomic mass is 9.70. The monoisotopic (exact) mass is 445 g/mol. The van der Waals surface area contributed by atoms with Gasteiger partial charge in [0.2, 0.25) is 10.0 Å². The number of rotatable bonds is 7. The predicted octanol–water partition coefficient (Wildman–Crippen LogP) is 5.79. The van der Waals surface area contributed by atoms with Crippen LogP contribution in [0.2, 0.25) is 0 Å². The van der Waals surface area contributed by atoms with Crippen LogP contribution >= 0.6 is 0 Å². The third kappa shape index (κ3) is 3.85. The van der Waals surface area contributed by atoms with Crippen molar-refractivity contribution < 1.29 is 12.8 Å². The maximum absolute atomic E-state index is 17.7. The van der Waals surface area contributed by atoms with Crippen LogP contribution in [0, 0.1) is 0 Å². The van der Waals surface area contributed by atoms with E-state index in [1.165, 1.54) is 12.1 Å². The van der Waals surface area contributed by atoms with Crippen molar-refractivity contribution in [2.24, 2.45) is 0 Å². The summed E-state index contributed by atoms with van der Waals surface area (Å²) >= 11 is 0. The molecule has 1 unspecified atom stereocenters. The van der Waals surface area contributed by atoms with Crippen molar-refractivity contribution in [2.75, 3.05) is 0 Å². The fraction of sp³-hybridized carbons (Fsp3) is 0.111. The van der Waals surface area contributed by atoms with Crippen LogP contribution in [0.5, 0.6) is 0 Å². The smallest absolute Gasteiger partial charge is 0.231 e. The molecular weight excluding hydrogens is 421 g/mol. The summed E-state index contributed by atoms with van der Waals surface area (Å²) in [7, 11) is -4.06. The fourth-order valence-corrected chi connectivity index (χ4v) is 5.54. The Morgan fingerprint density at radius 2 is 0.938 bits per heavy atom. The first-order chi connectivity index (χ1) is 15.4. The summed E-state index contributed by atoms with van der Waals surface area (Å²) in [6, 6.07) is 34.3. The van der Waals surface area contributed by atoms with Gasteiger partial charge in [-0.25, -0.2) is 12.8 Å². The molecule has 0 aliphatic heterocycles. The number of hydrogen-bond acceptors (Lipinski definition) is 2. The largest absolute Gasteiger partial charge is 0.241 e. The highest BCUT2D eigenvalue weighted by Gasteiger charge is 2.54. The van der Waals surface area contributed by atoms with E-state index in [-0.39, 0.29) is 4.90 Å². The van der Waals surface area contributed by atoms with Gasteiger partial charge in [-0.2, -0.15) is 4.72 Å². The van der Waals surface area contributed by atoms with Gasteiger partial charge < -0.3 is 0 Å². The first-order valence-electron chi connectivity index (χ1n) is 10.3. The summed E-state index contributed by atoms with van der Waals surface area (Å²) in [5, 5.41) is 0. The van der Waals surface area contributed by atoms with E-state index >= 15 is 4.39 Å². The molecular formula is C27H24FNO2S. The van der Waals surface area contributed by atoms with E-state index in [0.717, 1.165) is 0 Å². The average molecular weight is 446 g/mol. The van der Waals surface area contributed by atoms with Crippen LogP contribution in [-0.4, -0.2) is 8.42 Å². The zero-order chi connectivity index (χ0) is 22.7. The molecule has 4 aromatic rings. The first-order valence-corrected chi connectivity index (χ1v) is 11.8. The second-order valence-electron chi connectivity index (χ2n) is 7.80. The zero-order valence-electron chi connectivity index (χ0n) is 17.6. The van der Waals surface area contributed by atoms with Gasteiger partial charge in [0.1, 0.15) is 0 Å². The standard InChI is InChI=1S/C27H24FNO2S/c1-26(22-14-6-2-7-15-22,29-32(30,31)25-20-12-5-13-21-25)27(28,23-16-8-3-9-17-23)24-18-10-4-11-19-24/h2-21,29H,1H3. The minimum absolute atomic E-state index is 0.0747. The minimum Gasteiger partial charge on any atom is -0.231 e. The topological polar surface area (TPSA) is 46.2 Å². The summed E-state index contributed by atoms with van der Waals surface area (Å²) in [4.78, 5) is 0.0747. The summed E-state index contributed by atoms with van der Waals surface area (Å²) in [5.41, 5.74) is -2.65. The van der Waals surface area contributed by atoms with Crippen LogP contribution in [0.4, 0.5) is 4.39 Å². The van der Waals surface area contributed by atoms with E-state index in [9.17, 15) is 8.42 Å². The molecule has 0 bridgehead atoms. The third-order valence-corrected chi connectivity index (χ3v) is 7.35. The minimum atomic E-state index is -4.06. The molecule has 32 heavy (non-hydrogen) atoms. The second kappa shape index (κ2) is 8.69. The number of sulfonamides is 1. The van der Waals surface area contributed by atoms with E-state index in [0.29, 0.717) is 16.7 Å². The molecule has 4 aromatic carbocycles. The molecule has 0 saturated carbocycles. The van der Waals surface area contributed by atoms with Gasteiger partial charge in [-0.05, 0) is 35.7 Å². The van der Waals surface area contributed by atoms with Crippen LogP contribution in [0.1, 0.15) is 23.6 Å². The Morgan fingerprint density at radius 3 is 1.34 bits per heavy atom. The Kier molecular flexibility index (Phi) is 5.96. The van der Waals surface area contributed by atoms with E-state index in [1.807, 2.05) is 18.2 Å². The van der Waals surface area contributed by atoms with Crippen molar-refractivity contribution in [2.45, 2.75) is 23.0 Å². The molecule has 0 spiro atoms. The van der Waals surface area contributed by atoms with E-state index in [2.05, 4.69) is 4.72 Å². The lowest BCUT2D eigenvalue weighted by Crippen LogP contribution is -2.56. The molecule has 0 amide bonds. The molecule has 0 saturated heterocycles. The highest BCUT2D eigenvalue weighted by molar-refractivity contribution is 7.89. The maximum Gasteiger partial charge on any atom is 0.241 e. The molecule has 0 radical (unpaired) electrons. The van der Waals surface area contributed by atoms with Crippen molar-refractivity contribution in [3.63, 3.8) is 0 Å². The van der Waals surface area contributed by atoms with Crippen molar-refractivity contribution in [3.8, 4) is 0 Å². The Balaban J connectivity index is 2.00. The maximum atomic E-state index is 17.7. The van der Waals surface area contributed by atoms with Crippen molar-refractivity contribution in [1.29, 1.82) is 0 Å². The van der Waals surface area contributed by atoms with Gasteiger partial charge in [0, 0.05) is 0 Å². The second-order valence-corrected chi connectivity index (χ2v) is 9.48. The highest BCUT2D eigenvalue weighted by Crippen LogP contribution is 2.49. The lowest BCUT2D eigenvalue weighted by Gasteiger charge is -2.44. The molecule has 0 heterocycles. The van der Waals surface area contributed by atoms with Crippen LogP contribution in [-0.2, 0) is 21.2 Å². The molecule has 162 valence electrons. The van der Waals surface area contributed by atoms with Gasteiger partial charge in [-0.1, -0.05) is 109 Å². The van der Waals surface area contributed by atoms with Crippen LogP contribution in [0.15, 0.2) is 126 Å². The van der Waals surface area contributed by atoms with Gasteiger partial charge in [-0.15, -0.1) is 0 Å². The van der Waals surface area contributed by atoms with Crippen LogP contribution in [0.25, 0.3) is 0 Å². The van der Waals surface area contributed by atoms with Crippen molar-refractivity contribution in [3.05, 3.63) is 138 Å². The highest BCUT2D eigenvalue weighted by atomic mass is 32.2. The normalized spacial score (nSPS) is 13.9. The fourth-order valence-electron chi connectivity index (χ4n) is 4.11. The molecule has 1 N–H and O–H groups in total. The van der Waals surface area contributed by atoms with Gasteiger partial charge in [-0.3, -0.25) is 0 Å².